The summed E-state index contributed by atoms with van der Waals surface area (Å²) in [5, 5.41) is 0. The van der Waals surface area contributed by atoms with Crippen LogP contribution in [0.2, 0.25) is 0 Å². The third-order valence-corrected chi connectivity index (χ3v) is 5.49. The maximum atomic E-state index is 13.1. The zero-order valence-corrected chi connectivity index (χ0v) is 16.5. The van der Waals surface area contributed by atoms with Crippen molar-refractivity contribution in [2.45, 2.75) is 64.2 Å². The summed E-state index contributed by atoms with van der Waals surface area (Å²) in [4.78, 5) is 5.08. The van der Waals surface area contributed by atoms with Crippen molar-refractivity contribution in [1.82, 2.24) is 5.48 Å². The highest BCUT2D eigenvalue weighted by atomic mass is 32.2. The monoisotopic (exact) mass is 365 g/mol. The molecule has 25 heavy (non-hydrogen) atoms. The maximum absolute atomic E-state index is 13.1. The van der Waals surface area contributed by atoms with Gasteiger partial charge in [0.15, 0.2) is 5.76 Å². The maximum Gasteiger partial charge on any atom is 0.339 e. The number of nitrogens with one attached hydrogen (secondary N) is 1. The summed E-state index contributed by atoms with van der Waals surface area (Å²) in [5.41, 5.74) is 5.19. The summed E-state index contributed by atoms with van der Waals surface area (Å²) in [5.74, 6) is 0.616. The van der Waals surface area contributed by atoms with Gasteiger partial charge >= 0.3 is 10.1 Å². The van der Waals surface area contributed by atoms with Gasteiger partial charge in [0.25, 0.3) is 0 Å². The second-order valence-electron chi connectivity index (χ2n) is 7.12. The molecular weight excluding hydrogens is 338 g/mol. The average Bonchev–Trinajstić information content (AvgIpc) is 2.53. The Bertz CT molecular complexity index is 761. The van der Waals surface area contributed by atoms with Crippen LogP contribution in [0.1, 0.15) is 76.0 Å². The molecule has 1 N–H and O–H groups in total. The molecule has 5 nitrogen and oxygen atoms in total. The predicted octanol–water partition coefficient (Wildman–Crippen LogP) is 4.65. The SMILES string of the molecule is CC(C)c1cc(C(C)C)c(S(=O)(=O)OC2=CNOC=C2)c(C(C)C)c1. The minimum atomic E-state index is -3.97. The quantitative estimate of drug-likeness (QED) is 0.743. The van der Waals surface area contributed by atoms with Gasteiger partial charge in [0.1, 0.15) is 11.2 Å². The lowest BCUT2D eigenvalue weighted by atomic mass is 9.89. The number of allylic oxidation sites excluding steroid dienone is 1. The van der Waals surface area contributed by atoms with Gasteiger partial charge in [-0.1, -0.05) is 53.7 Å². The molecule has 1 aromatic rings. The molecule has 1 aliphatic rings. The van der Waals surface area contributed by atoms with E-state index in [-0.39, 0.29) is 22.5 Å². The van der Waals surface area contributed by atoms with Gasteiger partial charge in [0.05, 0.1) is 6.20 Å². The summed E-state index contributed by atoms with van der Waals surface area (Å²) in [7, 11) is -3.97. The fourth-order valence-electron chi connectivity index (χ4n) is 2.68. The van der Waals surface area contributed by atoms with Crippen molar-refractivity contribution >= 4 is 10.1 Å². The smallest absolute Gasteiger partial charge is 0.339 e. The zero-order chi connectivity index (χ0) is 18.8. The Labute approximate surface area is 150 Å². The highest BCUT2D eigenvalue weighted by molar-refractivity contribution is 7.87. The van der Waals surface area contributed by atoms with Gasteiger partial charge < -0.3 is 9.02 Å². The Morgan fingerprint density at radius 3 is 1.92 bits per heavy atom. The number of benzene rings is 1. The molecule has 6 heteroatoms. The summed E-state index contributed by atoms with van der Waals surface area (Å²) < 4.78 is 31.5. The molecular formula is C19H27NO4S. The lowest BCUT2D eigenvalue weighted by molar-refractivity contribution is 0.164. The van der Waals surface area contributed by atoms with E-state index in [0.29, 0.717) is 5.92 Å². The van der Waals surface area contributed by atoms with Crippen LogP contribution in [-0.4, -0.2) is 8.42 Å². The molecule has 0 saturated heterocycles. The highest BCUT2D eigenvalue weighted by Gasteiger charge is 2.29. The van der Waals surface area contributed by atoms with Crippen LogP contribution in [0.25, 0.3) is 0 Å². The van der Waals surface area contributed by atoms with E-state index in [0.717, 1.165) is 16.7 Å². The van der Waals surface area contributed by atoms with Crippen molar-refractivity contribution in [2.75, 3.05) is 0 Å². The van der Waals surface area contributed by atoms with Gasteiger partial charge in [-0.3, -0.25) is 0 Å². The van der Waals surface area contributed by atoms with Crippen LogP contribution in [0, 0.1) is 0 Å². The Balaban J connectivity index is 2.64. The van der Waals surface area contributed by atoms with E-state index >= 15 is 0 Å². The molecule has 138 valence electrons. The summed E-state index contributed by atoms with van der Waals surface area (Å²) in [6.07, 6.45) is 4.16. The molecule has 0 aliphatic carbocycles. The molecule has 0 aromatic heterocycles. The molecule has 0 fully saturated rings. The second-order valence-corrected chi connectivity index (χ2v) is 8.60. The van der Waals surface area contributed by atoms with E-state index in [1.807, 2.05) is 39.8 Å². The van der Waals surface area contributed by atoms with Crippen molar-refractivity contribution in [1.29, 1.82) is 0 Å². The Kier molecular flexibility index (Phi) is 5.83. The van der Waals surface area contributed by atoms with Crippen LogP contribution in [-0.2, 0) is 19.1 Å². The van der Waals surface area contributed by atoms with E-state index in [1.54, 1.807) is 0 Å². The topological polar surface area (TPSA) is 64.6 Å². The van der Waals surface area contributed by atoms with Crippen LogP contribution in [0.4, 0.5) is 0 Å². The number of hydroxylamine groups is 1. The lowest BCUT2D eigenvalue weighted by Gasteiger charge is -2.22. The molecule has 0 spiro atoms. The Morgan fingerprint density at radius 1 is 0.960 bits per heavy atom. The third-order valence-electron chi connectivity index (χ3n) is 4.10. The fraction of sp³-hybridized carbons (Fsp3) is 0.474. The number of hydrogen-bond acceptors (Lipinski definition) is 5. The molecule has 2 rings (SSSR count). The minimum Gasteiger partial charge on any atom is -0.390 e. The Morgan fingerprint density at radius 2 is 1.52 bits per heavy atom. The molecule has 0 bridgehead atoms. The van der Waals surface area contributed by atoms with Crippen LogP contribution in [0.15, 0.2) is 41.3 Å². The van der Waals surface area contributed by atoms with Crippen LogP contribution < -0.4 is 5.48 Å². The van der Waals surface area contributed by atoms with Crippen molar-refractivity contribution in [3.8, 4) is 0 Å². The van der Waals surface area contributed by atoms with Crippen LogP contribution in [0.5, 0.6) is 0 Å². The standard InChI is InChI=1S/C19H27NO4S/c1-12(2)15-9-17(13(3)4)19(18(10-15)14(5)6)25(21,22)24-16-7-8-23-20-11-16/h7-14,20H,1-6H3. The molecule has 0 atom stereocenters. The van der Waals surface area contributed by atoms with Crippen molar-refractivity contribution < 1.29 is 17.4 Å². The van der Waals surface area contributed by atoms with Crippen molar-refractivity contribution in [2.24, 2.45) is 0 Å². The Hall–Kier alpha value is -1.95. The first-order chi connectivity index (χ1) is 11.6. The third kappa shape index (κ3) is 4.37. The number of rotatable bonds is 6. The predicted molar refractivity (Wildman–Crippen MR) is 98.4 cm³/mol. The van der Waals surface area contributed by atoms with Gasteiger partial charge in [-0.05, 0) is 34.4 Å². The van der Waals surface area contributed by atoms with E-state index in [9.17, 15) is 8.42 Å². The van der Waals surface area contributed by atoms with Crippen LogP contribution in [0.3, 0.4) is 0 Å². The van der Waals surface area contributed by atoms with E-state index < -0.39 is 10.1 Å². The molecule has 0 unspecified atom stereocenters. The molecule has 0 amide bonds. The summed E-state index contributed by atoms with van der Waals surface area (Å²) >= 11 is 0. The molecule has 1 aliphatic heterocycles. The minimum absolute atomic E-state index is 0.0573. The van der Waals surface area contributed by atoms with Gasteiger partial charge in [0.2, 0.25) is 0 Å². The fourth-order valence-corrected chi connectivity index (χ4v) is 4.29. The highest BCUT2D eigenvalue weighted by Crippen LogP contribution is 2.36. The van der Waals surface area contributed by atoms with E-state index in [2.05, 4.69) is 19.3 Å². The second kappa shape index (κ2) is 7.52. The lowest BCUT2D eigenvalue weighted by Crippen LogP contribution is -2.16. The van der Waals surface area contributed by atoms with E-state index in [1.165, 1.54) is 18.5 Å². The van der Waals surface area contributed by atoms with Gasteiger partial charge in [-0.25, -0.2) is 5.48 Å². The van der Waals surface area contributed by atoms with Crippen molar-refractivity contribution in [3.05, 3.63) is 53.1 Å². The molecule has 1 heterocycles. The molecule has 0 saturated carbocycles. The first-order valence-corrected chi connectivity index (χ1v) is 9.94. The van der Waals surface area contributed by atoms with Gasteiger partial charge in [0, 0.05) is 6.08 Å². The summed E-state index contributed by atoms with van der Waals surface area (Å²) in [6.45, 7) is 12.2. The summed E-state index contributed by atoms with van der Waals surface area (Å²) in [6, 6.07) is 3.98. The largest absolute Gasteiger partial charge is 0.390 e. The number of hydrogen-bond donors (Lipinski definition) is 1. The normalized spacial score (nSPS) is 14.5. The zero-order valence-electron chi connectivity index (χ0n) is 15.7. The van der Waals surface area contributed by atoms with E-state index in [4.69, 9.17) is 9.02 Å². The molecule has 1 aromatic carbocycles. The van der Waals surface area contributed by atoms with Gasteiger partial charge in [-0.2, -0.15) is 8.42 Å². The first kappa shape index (κ1) is 19.4. The first-order valence-electron chi connectivity index (χ1n) is 8.53. The van der Waals surface area contributed by atoms with Crippen molar-refractivity contribution in [3.63, 3.8) is 0 Å². The van der Waals surface area contributed by atoms with Gasteiger partial charge in [-0.15, -0.1) is 0 Å². The average molecular weight is 365 g/mol. The molecule has 0 radical (unpaired) electrons. The van der Waals surface area contributed by atoms with Crippen LogP contribution >= 0.6 is 0 Å².